The van der Waals surface area contributed by atoms with E-state index in [1.54, 1.807) is 14.2 Å². The molecule has 19 heavy (non-hydrogen) atoms. The summed E-state index contributed by atoms with van der Waals surface area (Å²) in [6.45, 7) is 0.514. The van der Waals surface area contributed by atoms with Crippen LogP contribution in [-0.4, -0.2) is 30.7 Å². The summed E-state index contributed by atoms with van der Waals surface area (Å²) in [5.41, 5.74) is 13.2. The molecule has 0 bridgehead atoms. The summed E-state index contributed by atoms with van der Waals surface area (Å²) in [4.78, 5) is 8.50. The zero-order chi connectivity index (χ0) is 13.8. The van der Waals surface area contributed by atoms with Crippen LogP contribution in [0.15, 0.2) is 18.5 Å². The number of hydrogen-bond donors (Lipinski definition) is 2. The van der Waals surface area contributed by atoms with Crippen LogP contribution in [-0.2, 0) is 0 Å². The summed E-state index contributed by atoms with van der Waals surface area (Å²) in [5, 5.41) is 0.862. The summed E-state index contributed by atoms with van der Waals surface area (Å²) in [7, 11) is 3.18. The molecule has 0 aliphatic heterocycles. The molecule has 0 amide bonds. The maximum Gasteiger partial charge on any atom is 0.162 e. The van der Waals surface area contributed by atoms with Gasteiger partial charge in [0, 0.05) is 17.5 Å². The fraction of sp³-hybridized carbons (Fsp3) is 0.385. The molecule has 1 heterocycles. The molecule has 1 aromatic heterocycles. The van der Waals surface area contributed by atoms with Crippen LogP contribution in [0.25, 0.3) is 10.9 Å². The third-order valence-corrected chi connectivity index (χ3v) is 3.00. The van der Waals surface area contributed by atoms with Gasteiger partial charge in [-0.1, -0.05) is 0 Å². The van der Waals surface area contributed by atoms with Gasteiger partial charge in [-0.15, -0.1) is 0 Å². The normalized spacial score (nSPS) is 12.4. The lowest BCUT2D eigenvalue weighted by molar-refractivity contribution is 0.355. The van der Waals surface area contributed by atoms with Crippen molar-refractivity contribution in [2.24, 2.45) is 11.5 Å². The number of benzene rings is 1. The van der Waals surface area contributed by atoms with E-state index in [4.69, 9.17) is 20.9 Å². The number of rotatable bonds is 5. The molecular formula is C13H18N4O2. The fourth-order valence-corrected chi connectivity index (χ4v) is 2.01. The minimum Gasteiger partial charge on any atom is -0.493 e. The molecule has 0 fully saturated rings. The largest absolute Gasteiger partial charge is 0.493 e. The molecule has 4 N–H and O–H groups in total. The third kappa shape index (κ3) is 2.59. The Labute approximate surface area is 111 Å². The van der Waals surface area contributed by atoms with Gasteiger partial charge < -0.3 is 20.9 Å². The molecule has 1 atom stereocenters. The average Bonchev–Trinajstić information content (AvgIpc) is 2.45. The third-order valence-electron chi connectivity index (χ3n) is 3.00. The zero-order valence-electron chi connectivity index (χ0n) is 11.1. The van der Waals surface area contributed by atoms with Gasteiger partial charge in [-0.05, 0) is 19.0 Å². The van der Waals surface area contributed by atoms with Gasteiger partial charge >= 0.3 is 0 Å². The molecule has 1 unspecified atom stereocenters. The number of hydrogen-bond acceptors (Lipinski definition) is 6. The van der Waals surface area contributed by atoms with Crippen molar-refractivity contribution in [1.82, 2.24) is 9.97 Å². The Balaban J connectivity index is 2.60. The molecule has 0 saturated heterocycles. The number of methoxy groups -OCH3 is 2. The van der Waals surface area contributed by atoms with Gasteiger partial charge in [-0.2, -0.15) is 0 Å². The molecular weight excluding hydrogens is 244 g/mol. The second-order valence-corrected chi connectivity index (χ2v) is 4.17. The summed E-state index contributed by atoms with van der Waals surface area (Å²) < 4.78 is 10.5. The monoisotopic (exact) mass is 262 g/mol. The van der Waals surface area contributed by atoms with Crippen LogP contribution < -0.4 is 20.9 Å². The molecule has 0 saturated carbocycles. The van der Waals surface area contributed by atoms with E-state index in [0.717, 1.165) is 16.6 Å². The van der Waals surface area contributed by atoms with E-state index in [9.17, 15) is 0 Å². The van der Waals surface area contributed by atoms with Crippen LogP contribution in [0.5, 0.6) is 11.5 Å². The first kappa shape index (κ1) is 13.5. The summed E-state index contributed by atoms with van der Waals surface area (Å²) >= 11 is 0. The Kier molecular flexibility index (Phi) is 4.13. The molecule has 0 aliphatic rings. The molecule has 0 radical (unpaired) electrons. The Morgan fingerprint density at radius 1 is 1.16 bits per heavy atom. The minimum atomic E-state index is -0.214. The lowest BCUT2D eigenvalue weighted by atomic mass is 10.1. The second-order valence-electron chi connectivity index (χ2n) is 4.17. The topological polar surface area (TPSA) is 96.3 Å². The highest BCUT2D eigenvalue weighted by molar-refractivity contribution is 5.84. The smallest absolute Gasteiger partial charge is 0.162 e. The van der Waals surface area contributed by atoms with Crippen LogP contribution in [0.3, 0.4) is 0 Å². The van der Waals surface area contributed by atoms with E-state index in [-0.39, 0.29) is 6.04 Å². The molecule has 0 aliphatic carbocycles. The standard InChI is InChI=1S/C13H18N4O2/c1-18-11-5-8-10(6-12(11)19-2)16-7-17-13(8)9(15)3-4-14/h5-7,9H,3-4,14-15H2,1-2H3. The highest BCUT2D eigenvalue weighted by atomic mass is 16.5. The number of fused-ring (bicyclic) bond motifs is 1. The lowest BCUT2D eigenvalue weighted by Crippen LogP contribution is -2.17. The fourth-order valence-electron chi connectivity index (χ4n) is 2.01. The molecule has 2 aromatic rings. The van der Waals surface area contributed by atoms with Gasteiger partial charge in [-0.25, -0.2) is 9.97 Å². The molecule has 2 rings (SSSR count). The van der Waals surface area contributed by atoms with Gasteiger partial charge in [-0.3, -0.25) is 0 Å². The molecule has 6 heteroatoms. The van der Waals surface area contributed by atoms with E-state index in [1.165, 1.54) is 6.33 Å². The van der Waals surface area contributed by atoms with Crippen molar-refractivity contribution in [3.63, 3.8) is 0 Å². The maximum atomic E-state index is 6.09. The zero-order valence-corrected chi connectivity index (χ0v) is 11.1. The number of nitrogens with zero attached hydrogens (tertiary/aromatic N) is 2. The molecule has 102 valence electrons. The second kappa shape index (κ2) is 5.81. The molecule has 1 aromatic carbocycles. The first-order chi connectivity index (χ1) is 9.21. The Hall–Kier alpha value is -1.92. The predicted molar refractivity (Wildman–Crippen MR) is 73.2 cm³/mol. The van der Waals surface area contributed by atoms with E-state index in [1.807, 2.05) is 12.1 Å². The van der Waals surface area contributed by atoms with Crippen LogP contribution >= 0.6 is 0 Å². The Morgan fingerprint density at radius 3 is 2.47 bits per heavy atom. The maximum absolute atomic E-state index is 6.09. The van der Waals surface area contributed by atoms with Gasteiger partial charge in [0.15, 0.2) is 11.5 Å². The van der Waals surface area contributed by atoms with Crippen molar-refractivity contribution >= 4 is 10.9 Å². The lowest BCUT2D eigenvalue weighted by Gasteiger charge is -2.14. The molecule has 0 spiro atoms. The van der Waals surface area contributed by atoms with Crippen molar-refractivity contribution in [2.45, 2.75) is 12.5 Å². The van der Waals surface area contributed by atoms with E-state index >= 15 is 0 Å². The number of nitrogens with two attached hydrogens (primary N) is 2. The highest BCUT2D eigenvalue weighted by Gasteiger charge is 2.14. The van der Waals surface area contributed by atoms with Gasteiger partial charge in [0.2, 0.25) is 0 Å². The van der Waals surface area contributed by atoms with Crippen LogP contribution in [0.2, 0.25) is 0 Å². The van der Waals surface area contributed by atoms with Gasteiger partial charge in [0.1, 0.15) is 6.33 Å². The van der Waals surface area contributed by atoms with E-state index in [0.29, 0.717) is 24.5 Å². The van der Waals surface area contributed by atoms with Crippen molar-refractivity contribution in [1.29, 1.82) is 0 Å². The van der Waals surface area contributed by atoms with Crippen molar-refractivity contribution in [2.75, 3.05) is 20.8 Å². The quantitative estimate of drug-likeness (QED) is 0.834. The van der Waals surface area contributed by atoms with Gasteiger partial charge in [0.05, 0.1) is 25.4 Å². The predicted octanol–water partition coefficient (Wildman–Crippen LogP) is 0.996. The summed E-state index contributed by atoms with van der Waals surface area (Å²) in [6.07, 6.45) is 2.17. The van der Waals surface area contributed by atoms with Crippen LogP contribution in [0.1, 0.15) is 18.2 Å². The minimum absolute atomic E-state index is 0.214. The highest BCUT2D eigenvalue weighted by Crippen LogP contribution is 2.33. The van der Waals surface area contributed by atoms with E-state index < -0.39 is 0 Å². The summed E-state index contributed by atoms with van der Waals surface area (Å²) in [6, 6.07) is 3.45. The van der Waals surface area contributed by atoms with Crippen molar-refractivity contribution in [3.8, 4) is 11.5 Å². The molecule has 6 nitrogen and oxygen atoms in total. The number of ether oxygens (including phenoxy) is 2. The van der Waals surface area contributed by atoms with Crippen LogP contribution in [0.4, 0.5) is 0 Å². The summed E-state index contributed by atoms with van der Waals surface area (Å²) in [5.74, 6) is 1.26. The Morgan fingerprint density at radius 2 is 1.84 bits per heavy atom. The van der Waals surface area contributed by atoms with Crippen molar-refractivity contribution < 1.29 is 9.47 Å². The number of aromatic nitrogens is 2. The first-order valence-electron chi connectivity index (χ1n) is 6.03. The van der Waals surface area contributed by atoms with E-state index in [2.05, 4.69) is 9.97 Å². The first-order valence-corrected chi connectivity index (χ1v) is 6.03. The Bertz CT molecular complexity index is 574. The van der Waals surface area contributed by atoms with Crippen LogP contribution in [0, 0.1) is 0 Å². The average molecular weight is 262 g/mol. The van der Waals surface area contributed by atoms with Crippen molar-refractivity contribution in [3.05, 3.63) is 24.2 Å². The SMILES string of the molecule is COc1cc2ncnc(C(N)CCN)c2cc1OC. The van der Waals surface area contributed by atoms with Gasteiger partial charge in [0.25, 0.3) is 0 Å².